The first kappa shape index (κ1) is 40.4. The fourth-order valence-corrected chi connectivity index (χ4v) is 4.21. The lowest BCUT2D eigenvalue weighted by molar-refractivity contribution is -0.166. The number of carbonyl (C=O) groups is 1. The number of ketones is 1. The summed E-state index contributed by atoms with van der Waals surface area (Å²) in [5.41, 5.74) is -1.04. The molecule has 0 heterocycles. The van der Waals surface area contributed by atoms with Gasteiger partial charge in [-0.2, -0.15) is 0 Å². The van der Waals surface area contributed by atoms with Crippen LogP contribution < -0.4 is 0 Å². The zero-order chi connectivity index (χ0) is 30.7. The zero-order valence-electron chi connectivity index (χ0n) is 27.6. The highest BCUT2D eigenvalue weighted by atomic mass is 16.6. The van der Waals surface area contributed by atoms with Gasteiger partial charge in [-0.05, 0) is 59.3 Å². The molecule has 1 unspecified atom stereocenters. The van der Waals surface area contributed by atoms with Crippen molar-refractivity contribution in [3.8, 4) is 0 Å². The Kier molecular flexibility index (Phi) is 26.5. The molecule has 0 N–H and O–H groups in total. The zero-order valence-corrected chi connectivity index (χ0v) is 27.6. The van der Waals surface area contributed by atoms with Crippen molar-refractivity contribution in [2.24, 2.45) is 11.3 Å². The third-order valence-corrected chi connectivity index (χ3v) is 6.53. The van der Waals surface area contributed by atoms with E-state index in [1.54, 1.807) is 6.92 Å². The monoisotopic (exact) mass is 592 g/mol. The Balaban J connectivity index is 5.00. The lowest BCUT2D eigenvalue weighted by Gasteiger charge is -2.33. The van der Waals surface area contributed by atoms with Gasteiger partial charge in [0.1, 0.15) is 11.4 Å². The maximum atomic E-state index is 12.4. The summed E-state index contributed by atoms with van der Waals surface area (Å²) in [5.74, 6) is -0.0806. The van der Waals surface area contributed by atoms with Crippen molar-refractivity contribution in [2.75, 3.05) is 99.1 Å². The van der Waals surface area contributed by atoms with E-state index in [2.05, 4.69) is 27.7 Å². The van der Waals surface area contributed by atoms with Gasteiger partial charge in [-0.1, -0.05) is 27.7 Å². The van der Waals surface area contributed by atoms with Gasteiger partial charge in [0.15, 0.2) is 0 Å². The number of ether oxygens (including phenoxy) is 8. The topological polar surface area (TPSA) is 90.9 Å². The van der Waals surface area contributed by atoms with Crippen molar-refractivity contribution >= 4 is 5.78 Å². The van der Waals surface area contributed by atoms with Crippen LogP contribution in [-0.2, 0) is 42.7 Å². The quantitative estimate of drug-likeness (QED) is 0.0938. The Hall–Kier alpha value is -0.650. The minimum Gasteiger partial charge on any atom is -0.381 e. The average molecular weight is 593 g/mol. The summed E-state index contributed by atoms with van der Waals surface area (Å²) in [7, 11) is 0. The molecule has 0 fully saturated rings. The second kappa shape index (κ2) is 26.9. The molecule has 0 spiro atoms. The van der Waals surface area contributed by atoms with Crippen molar-refractivity contribution < 1.29 is 42.7 Å². The van der Waals surface area contributed by atoms with E-state index < -0.39 is 11.0 Å². The standard InChI is InChI=1S/C32H64O9/c1-8-16-36-24-31(22-34-12-5,23-35-13-6)25-40-21-30(29(7)33)15-14-20-39-28-32(41-19-11-4,26-37-17-9-2)27-38-18-10-3/h30H,8-28H2,1-7H3. The molecule has 0 saturated heterocycles. The summed E-state index contributed by atoms with van der Waals surface area (Å²) in [5, 5.41) is 0. The van der Waals surface area contributed by atoms with E-state index in [1.807, 2.05) is 13.8 Å². The van der Waals surface area contributed by atoms with E-state index in [0.29, 0.717) is 106 Å². The summed E-state index contributed by atoms with van der Waals surface area (Å²) in [6.45, 7) is 21.8. The molecule has 0 aromatic rings. The van der Waals surface area contributed by atoms with Crippen molar-refractivity contribution in [3.63, 3.8) is 0 Å². The first-order chi connectivity index (χ1) is 19.9. The summed E-state index contributed by atoms with van der Waals surface area (Å²) >= 11 is 0. The molecule has 9 nitrogen and oxygen atoms in total. The van der Waals surface area contributed by atoms with Gasteiger partial charge in [-0.25, -0.2) is 0 Å². The van der Waals surface area contributed by atoms with Crippen LogP contribution in [0.15, 0.2) is 0 Å². The third kappa shape index (κ3) is 20.0. The van der Waals surface area contributed by atoms with Crippen molar-refractivity contribution in [1.29, 1.82) is 0 Å². The summed E-state index contributed by atoms with van der Waals surface area (Å²) in [6, 6.07) is 0. The van der Waals surface area contributed by atoms with Crippen LogP contribution in [0.2, 0.25) is 0 Å². The molecule has 0 aromatic heterocycles. The average Bonchev–Trinajstić information content (AvgIpc) is 2.96. The Bertz CT molecular complexity index is 570. The molecule has 0 aliphatic heterocycles. The molecule has 0 aliphatic carbocycles. The van der Waals surface area contributed by atoms with Gasteiger partial charge < -0.3 is 37.9 Å². The van der Waals surface area contributed by atoms with Gasteiger partial charge in [0.25, 0.3) is 0 Å². The van der Waals surface area contributed by atoms with Gasteiger partial charge in [0, 0.05) is 52.2 Å². The van der Waals surface area contributed by atoms with Crippen LogP contribution in [0, 0.1) is 11.3 Å². The maximum absolute atomic E-state index is 12.4. The number of carbonyl (C=O) groups excluding carboxylic acids is 1. The number of hydrogen-bond donors (Lipinski definition) is 0. The molecular formula is C32H64O9. The molecule has 0 bridgehead atoms. The summed E-state index contributed by atoms with van der Waals surface area (Å²) in [4.78, 5) is 12.4. The fourth-order valence-electron chi connectivity index (χ4n) is 4.21. The van der Waals surface area contributed by atoms with E-state index in [1.165, 1.54) is 0 Å². The molecule has 0 aliphatic rings. The molecule has 9 heteroatoms. The smallest absolute Gasteiger partial charge is 0.138 e. The van der Waals surface area contributed by atoms with E-state index in [-0.39, 0.29) is 11.7 Å². The van der Waals surface area contributed by atoms with Crippen molar-refractivity contribution in [1.82, 2.24) is 0 Å². The van der Waals surface area contributed by atoms with Crippen LogP contribution in [0.1, 0.15) is 87.0 Å². The lowest BCUT2D eigenvalue weighted by atomic mass is 9.92. The molecule has 0 saturated carbocycles. The van der Waals surface area contributed by atoms with Crippen LogP contribution in [0.5, 0.6) is 0 Å². The third-order valence-electron chi connectivity index (χ3n) is 6.53. The van der Waals surface area contributed by atoms with E-state index in [4.69, 9.17) is 37.9 Å². The highest BCUT2D eigenvalue weighted by molar-refractivity contribution is 5.78. The van der Waals surface area contributed by atoms with Gasteiger partial charge in [-0.15, -0.1) is 0 Å². The van der Waals surface area contributed by atoms with Crippen LogP contribution >= 0.6 is 0 Å². The van der Waals surface area contributed by atoms with Crippen LogP contribution in [0.3, 0.4) is 0 Å². The van der Waals surface area contributed by atoms with E-state index in [0.717, 1.165) is 32.1 Å². The van der Waals surface area contributed by atoms with Gasteiger partial charge in [-0.3, -0.25) is 4.79 Å². The highest BCUT2D eigenvalue weighted by Crippen LogP contribution is 2.22. The molecule has 0 amide bonds. The normalized spacial score (nSPS) is 13.1. The number of rotatable bonds is 32. The van der Waals surface area contributed by atoms with Crippen molar-refractivity contribution in [2.45, 2.75) is 92.6 Å². The maximum Gasteiger partial charge on any atom is 0.138 e. The van der Waals surface area contributed by atoms with E-state index >= 15 is 0 Å². The molecule has 1 atom stereocenters. The number of Topliss-reactive ketones (excluding diaryl/α,β-unsaturated/α-hetero) is 1. The fraction of sp³-hybridized carbons (Fsp3) is 0.969. The van der Waals surface area contributed by atoms with Crippen molar-refractivity contribution in [3.05, 3.63) is 0 Å². The van der Waals surface area contributed by atoms with Crippen LogP contribution in [0.4, 0.5) is 0 Å². The Morgan fingerprint density at radius 1 is 0.561 bits per heavy atom. The molecule has 0 aromatic carbocycles. The Labute approximate surface area is 251 Å². The molecular weight excluding hydrogens is 528 g/mol. The Morgan fingerprint density at radius 3 is 1.46 bits per heavy atom. The SMILES string of the molecule is CCCOCC(COCC)(COCC)COCC(CCCOCC(COCCC)(COCCC)OCCC)C(C)=O. The molecule has 41 heavy (non-hydrogen) atoms. The van der Waals surface area contributed by atoms with Crippen LogP contribution in [-0.4, -0.2) is 110 Å². The second-order valence-electron chi connectivity index (χ2n) is 11.0. The highest BCUT2D eigenvalue weighted by Gasteiger charge is 2.34. The molecule has 0 radical (unpaired) electrons. The number of hydrogen-bond acceptors (Lipinski definition) is 9. The van der Waals surface area contributed by atoms with E-state index in [9.17, 15) is 4.79 Å². The lowest BCUT2D eigenvalue weighted by Crippen LogP contribution is -2.47. The summed E-state index contributed by atoms with van der Waals surface area (Å²) in [6.07, 6.45) is 5.17. The molecule has 0 rings (SSSR count). The van der Waals surface area contributed by atoms with Crippen LogP contribution in [0.25, 0.3) is 0 Å². The minimum absolute atomic E-state index is 0.119. The molecule has 246 valence electrons. The first-order valence-electron chi connectivity index (χ1n) is 16.1. The van der Waals surface area contributed by atoms with Gasteiger partial charge >= 0.3 is 0 Å². The predicted octanol–water partition coefficient (Wildman–Crippen LogP) is 5.51. The van der Waals surface area contributed by atoms with Gasteiger partial charge in [0.2, 0.25) is 0 Å². The predicted molar refractivity (Wildman–Crippen MR) is 163 cm³/mol. The van der Waals surface area contributed by atoms with Gasteiger partial charge in [0.05, 0.1) is 58.3 Å². The Morgan fingerprint density at radius 2 is 1.00 bits per heavy atom. The largest absolute Gasteiger partial charge is 0.381 e. The first-order valence-corrected chi connectivity index (χ1v) is 16.1. The minimum atomic E-state index is -0.631. The second-order valence-corrected chi connectivity index (χ2v) is 11.0. The summed E-state index contributed by atoms with van der Waals surface area (Å²) < 4.78 is 47.7.